The Balaban J connectivity index is 3.06. The Kier molecular flexibility index (Phi) is 3.96. The summed E-state index contributed by atoms with van der Waals surface area (Å²) >= 11 is 8.80. The van der Waals surface area contributed by atoms with E-state index in [1.807, 2.05) is 0 Å². The first kappa shape index (κ1) is 11.5. The number of benzene rings is 1. The fraction of sp³-hybridized carbons (Fsp3) is 0.300. The Morgan fingerprint density at radius 1 is 1.64 bits per heavy atom. The molecule has 1 aromatic rings. The lowest BCUT2D eigenvalue weighted by Gasteiger charge is -2.05. The molecule has 1 aromatic carbocycles. The van der Waals surface area contributed by atoms with E-state index in [0.717, 1.165) is 0 Å². The molecule has 1 atom stereocenters. The van der Waals surface area contributed by atoms with Gasteiger partial charge in [-0.05, 0) is 25.1 Å². The van der Waals surface area contributed by atoms with E-state index < -0.39 is 0 Å². The average Bonchev–Trinajstić information content (AvgIpc) is 2.17. The number of aromatic hydroxyl groups is 1. The Bertz CT molecular complexity index is 350. The van der Waals surface area contributed by atoms with Gasteiger partial charge in [-0.1, -0.05) is 15.9 Å². The van der Waals surface area contributed by atoms with Crippen molar-refractivity contribution in [1.82, 2.24) is 0 Å². The van der Waals surface area contributed by atoms with Gasteiger partial charge in [0, 0.05) is 11.1 Å². The molecule has 0 aliphatic carbocycles. The second-order valence-corrected chi connectivity index (χ2v) is 4.60. The minimum absolute atomic E-state index is 0.0173. The van der Waals surface area contributed by atoms with E-state index in [0.29, 0.717) is 11.1 Å². The van der Waals surface area contributed by atoms with Crippen molar-refractivity contribution in [3.8, 4) is 5.75 Å². The van der Waals surface area contributed by atoms with E-state index in [9.17, 15) is 9.90 Å². The summed E-state index contributed by atoms with van der Waals surface area (Å²) in [6, 6.07) is 4.69. The van der Waals surface area contributed by atoms with Crippen molar-refractivity contribution in [2.24, 2.45) is 0 Å². The first-order chi connectivity index (χ1) is 6.56. The largest absolute Gasteiger partial charge is 0.508 e. The van der Waals surface area contributed by atoms with E-state index >= 15 is 0 Å². The number of phenolic OH excluding ortho intramolecular Hbond substituents is 1. The molecule has 0 spiro atoms. The van der Waals surface area contributed by atoms with Gasteiger partial charge in [0.05, 0.1) is 10.7 Å². The molecule has 1 unspecified atom stereocenters. The molecule has 0 heterocycles. The summed E-state index contributed by atoms with van der Waals surface area (Å²) in [5, 5.41) is 9.35. The number of phenols is 1. The molecule has 76 valence electrons. The highest BCUT2D eigenvalue weighted by molar-refractivity contribution is 9.10. The maximum Gasteiger partial charge on any atom is 0.176 e. The standard InChI is InChI=1S/C10H10BrClO2/c1-6(11)10(14)7-2-3-9(13)8(4-7)5-12/h2-4,6,13H,5H2,1H3. The minimum Gasteiger partial charge on any atom is -0.508 e. The maximum atomic E-state index is 11.6. The summed E-state index contributed by atoms with van der Waals surface area (Å²) in [6.07, 6.45) is 0. The molecule has 0 aliphatic heterocycles. The molecule has 0 bridgehead atoms. The van der Waals surface area contributed by atoms with E-state index in [-0.39, 0.29) is 22.2 Å². The minimum atomic E-state index is -0.227. The number of halogens is 2. The molecule has 0 fully saturated rings. The van der Waals surface area contributed by atoms with Crippen LogP contribution in [0.4, 0.5) is 0 Å². The highest BCUT2D eigenvalue weighted by Crippen LogP contribution is 2.21. The molecule has 14 heavy (non-hydrogen) atoms. The van der Waals surface area contributed by atoms with Gasteiger partial charge in [0.15, 0.2) is 5.78 Å². The van der Waals surface area contributed by atoms with Crippen LogP contribution in [0.3, 0.4) is 0 Å². The molecule has 4 heteroatoms. The fourth-order valence-electron chi connectivity index (χ4n) is 1.08. The van der Waals surface area contributed by atoms with E-state index in [2.05, 4.69) is 15.9 Å². The summed E-state index contributed by atoms with van der Waals surface area (Å²) in [5.41, 5.74) is 1.13. The lowest BCUT2D eigenvalue weighted by Crippen LogP contribution is -2.09. The molecular formula is C10H10BrClO2. The first-order valence-electron chi connectivity index (χ1n) is 4.12. The van der Waals surface area contributed by atoms with Gasteiger partial charge in [0.25, 0.3) is 0 Å². The van der Waals surface area contributed by atoms with Crippen molar-refractivity contribution in [2.45, 2.75) is 17.6 Å². The molecule has 0 radical (unpaired) electrons. The van der Waals surface area contributed by atoms with Crippen LogP contribution >= 0.6 is 27.5 Å². The van der Waals surface area contributed by atoms with E-state index in [4.69, 9.17) is 11.6 Å². The van der Waals surface area contributed by atoms with Gasteiger partial charge in [-0.15, -0.1) is 11.6 Å². The number of hydrogen-bond acceptors (Lipinski definition) is 2. The molecule has 2 nitrogen and oxygen atoms in total. The van der Waals surface area contributed by atoms with Gasteiger partial charge in [-0.2, -0.15) is 0 Å². The molecule has 0 aliphatic rings. The molecule has 1 rings (SSSR count). The number of carbonyl (C=O) groups excluding carboxylic acids is 1. The van der Waals surface area contributed by atoms with Crippen LogP contribution in [0.2, 0.25) is 0 Å². The zero-order chi connectivity index (χ0) is 10.7. The Hall–Kier alpha value is -0.540. The van der Waals surface area contributed by atoms with Crippen molar-refractivity contribution < 1.29 is 9.90 Å². The number of ketones is 1. The van der Waals surface area contributed by atoms with Crippen LogP contribution in [-0.4, -0.2) is 15.7 Å². The van der Waals surface area contributed by atoms with Gasteiger partial charge < -0.3 is 5.11 Å². The van der Waals surface area contributed by atoms with Crippen LogP contribution in [0.1, 0.15) is 22.8 Å². The quantitative estimate of drug-likeness (QED) is 0.681. The number of rotatable bonds is 3. The highest BCUT2D eigenvalue weighted by atomic mass is 79.9. The van der Waals surface area contributed by atoms with Crippen molar-refractivity contribution >= 4 is 33.3 Å². The van der Waals surface area contributed by atoms with Crippen molar-refractivity contribution in [2.75, 3.05) is 0 Å². The van der Waals surface area contributed by atoms with Crippen LogP contribution < -0.4 is 0 Å². The van der Waals surface area contributed by atoms with Gasteiger partial charge in [0.1, 0.15) is 5.75 Å². The van der Waals surface area contributed by atoms with Crippen molar-refractivity contribution in [3.63, 3.8) is 0 Å². The Morgan fingerprint density at radius 3 is 2.79 bits per heavy atom. The summed E-state index contributed by atoms with van der Waals surface area (Å²) in [5.74, 6) is 0.305. The highest BCUT2D eigenvalue weighted by Gasteiger charge is 2.13. The summed E-state index contributed by atoms with van der Waals surface area (Å²) in [4.78, 5) is 11.3. The monoisotopic (exact) mass is 276 g/mol. The van der Waals surface area contributed by atoms with Crippen molar-refractivity contribution in [3.05, 3.63) is 29.3 Å². The number of Topliss-reactive ketones (excluding diaryl/α,β-unsaturated/α-hetero) is 1. The summed E-state index contributed by atoms with van der Waals surface area (Å²) in [7, 11) is 0. The third kappa shape index (κ3) is 2.49. The number of alkyl halides is 2. The lowest BCUT2D eigenvalue weighted by atomic mass is 10.1. The van der Waals surface area contributed by atoms with Crippen LogP contribution in [0, 0.1) is 0 Å². The smallest absolute Gasteiger partial charge is 0.176 e. The van der Waals surface area contributed by atoms with Crippen LogP contribution in [0.15, 0.2) is 18.2 Å². The molecule has 1 N–H and O–H groups in total. The SMILES string of the molecule is CC(Br)C(=O)c1ccc(O)c(CCl)c1. The number of carbonyl (C=O) groups is 1. The second-order valence-electron chi connectivity index (χ2n) is 2.96. The normalized spacial score (nSPS) is 12.5. The molecular weight excluding hydrogens is 267 g/mol. The summed E-state index contributed by atoms with van der Waals surface area (Å²) in [6.45, 7) is 1.76. The van der Waals surface area contributed by atoms with Crippen LogP contribution in [0.5, 0.6) is 5.75 Å². The van der Waals surface area contributed by atoms with Gasteiger partial charge >= 0.3 is 0 Å². The molecule has 0 amide bonds. The number of hydrogen-bond donors (Lipinski definition) is 1. The summed E-state index contributed by atoms with van der Waals surface area (Å²) < 4.78 is 0. The predicted octanol–water partition coefficient (Wildman–Crippen LogP) is 3.10. The van der Waals surface area contributed by atoms with E-state index in [1.54, 1.807) is 19.1 Å². The fourth-order valence-corrected chi connectivity index (χ4v) is 1.55. The average molecular weight is 278 g/mol. The molecule has 0 saturated carbocycles. The van der Waals surface area contributed by atoms with Gasteiger partial charge in [-0.3, -0.25) is 4.79 Å². The topological polar surface area (TPSA) is 37.3 Å². The first-order valence-corrected chi connectivity index (χ1v) is 5.57. The lowest BCUT2D eigenvalue weighted by molar-refractivity contribution is 0.0996. The van der Waals surface area contributed by atoms with Crippen molar-refractivity contribution in [1.29, 1.82) is 0 Å². The zero-order valence-corrected chi connectivity index (χ0v) is 9.97. The molecule has 0 saturated heterocycles. The van der Waals surface area contributed by atoms with Gasteiger partial charge in [-0.25, -0.2) is 0 Å². The van der Waals surface area contributed by atoms with Crippen LogP contribution in [-0.2, 0) is 5.88 Å². The van der Waals surface area contributed by atoms with Gasteiger partial charge in [0.2, 0.25) is 0 Å². The van der Waals surface area contributed by atoms with Crippen LogP contribution in [0.25, 0.3) is 0 Å². The zero-order valence-electron chi connectivity index (χ0n) is 7.63. The van der Waals surface area contributed by atoms with E-state index in [1.165, 1.54) is 6.07 Å². The third-order valence-corrected chi connectivity index (χ3v) is 2.57. The maximum absolute atomic E-state index is 11.6. The molecule has 0 aromatic heterocycles. The third-order valence-electron chi connectivity index (χ3n) is 1.87. The Labute approximate surface area is 96.0 Å². The Morgan fingerprint density at radius 2 is 2.29 bits per heavy atom. The second kappa shape index (κ2) is 4.80. The predicted molar refractivity (Wildman–Crippen MR) is 60.4 cm³/mol.